The lowest BCUT2D eigenvalue weighted by atomic mass is 9.98. The van der Waals surface area contributed by atoms with E-state index in [1.807, 2.05) is 0 Å². The molecule has 0 aliphatic heterocycles. The second-order valence-corrected chi connectivity index (χ2v) is 7.43. The van der Waals surface area contributed by atoms with E-state index in [-0.39, 0.29) is 5.54 Å². The van der Waals surface area contributed by atoms with E-state index < -0.39 is 0 Å². The molecule has 0 aromatic heterocycles. The molecule has 0 saturated heterocycles. The zero-order valence-electron chi connectivity index (χ0n) is 15.0. The Hall–Kier alpha value is -0.860. The summed E-state index contributed by atoms with van der Waals surface area (Å²) in [6, 6.07) is 9.75. The average Bonchev–Trinajstić information content (AvgIpc) is 2.41. The Morgan fingerprint density at radius 3 is 2.05 bits per heavy atom. The first kappa shape index (κ1) is 18.2. The lowest BCUT2D eigenvalue weighted by molar-refractivity contribution is 0.225. The number of hydrogen-bond acceptors (Lipinski definition) is 2. The third-order valence-electron chi connectivity index (χ3n) is 4.01. The topological polar surface area (TPSA) is 15.3 Å². The summed E-state index contributed by atoms with van der Waals surface area (Å²) < 4.78 is 0. The third kappa shape index (κ3) is 6.62. The van der Waals surface area contributed by atoms with Gasteiger partial charge in [-0.3, -0.25) is 4.90 Å². The van der Waals surface area contributed by atoms with Gasteiger partial charge in [0.2, 0.25) is 0 Å². The largest absolute Gasteiger partial charge is 0.311 e. The van der Waals surface area contributed by atoms with Gasteiger partial charge in [-0.05, 0) is 58.2 Å². The van der Waals surface area contributed by atoms with Gasteiger partial charge in [-0.2, -0.15) is 0 Å². The first-order chi connectivity index (χ1) is 9.73. The Morgan fingerprint density at radius 1 is 1.05 bits per heavy atom. The molecule has 0 heterocycles. The molecule has 1 N–H and O–H groups in total. The van der Waals surface area contributed by atoms with Crippen molar-refractivity contribution in [1.82, 2.24) is 10.2 Å². The van der Waals surface area contributed by atoms with Crippen LogP contribution in [0.15, 0.2) is 24.3 Å². The van der Waals surface area contributed by atoms with Crippen molar-refractivity contribution >= 4 is 0 Å². The molecule has 0 saturated carbocycles. The molecule has 2 heteroatoms. The predicted octanol–water partition coefficient (Wildman–Crippen LogP) is 4.41. The van der Waals surface area contributed by atoms with E-state index in [1.54, 1.807) is 0 Å². The van der Waals surface area contributed by atoms with Gasteiger partial charge in [0.05, 0.1) is 0 Å². The lowest BCUT2D eigenvalue weighted by Gasteiger charge is -2.25. The molecule has 1 rings (SSSR count). The molecule has 1 aromatic carbocycles. The van der Waals surface area contributed by atoms with Crippen LogP contribution in [0, 0.1) is 0 Å². The maximum Gasteiger partial charge on any atom is 0.0236 e. The number of nitrogens with zero attached hydrogens (tertiary/aromatic N) is 1. The quantitative estimate of drug-likeness (QED) is 0.800. The first-order valence-electron chi connectivity index (χ1n) is 8.31. The molecule has 0 bridgehead atoms. The molecule has 1 unspecified atom stereocenters. The lowest BCUT2D eigenvalue weighted by Crippen LogP contribution is -2.38. The maximum atomic E-state index is 3.58. The summed E-state index contributed by atoms with van der Waals surface area (Å²) >= 11 is 0. The van der Waals surface area contributed by atoms with Crippen molar-refractivity contribution in [2.45, 2.75) is 72.5 Å². The molecule has 0 amide bonds. The van der Waals surface area contributed by atoms with Crippen molar-refractivity contribution in [3.63, 3.8) is 0 Å². The molecule has 120 valence electrons. The van der Waals surface area contributed by atoms with Gasteiger partial charge in [-0.15, -0.1) is 0 Å². The minimum atomic E-state index is 0.188. The zero-order valence-corrected chi connectivity index (χ0v) is 15.0. The molecular weight excluding hydrogens is 256 g/mol. The van der Waals surface area contributed by atoms with E-state index in [0.29, 0.717) is 12.0 Å². The van der Waals surface area contributed by atoms with Gasteiger partial charge in [0.25, 0.3) is 0 Å². The molecule has 21 heavy (non-hydrogen) atoms. The third-order valence-corrected chi connectivity index (χ3v) is 4.01. The second kappa shape index (κ2) is 7.95. The molecule has 0 aliphatic rings. The Kier molecular flexibility index (Phi) is 6.89. The Balaban J connectivity index is 2.61. The van der Waals surface area contributed by atoms with Gasteiger partial charge in [-0.25, -0.2) is 0 Å². The van der Waals surface area contributed by atoms with Crippen LogP contribution in [0.3, 0.4) is 0 Å². The van der Waals surface area contributed by atoms with Crippen LogP contribution in [0.4, 0.5) is 0 Å². The van der Waals surface area contributed by atoms with Crippen molar-refractivity contribution in [2.75, 3.05) is 13.1 Å². The number of benzene rings is 1. The van der Waals surface area contributed by atoms with E-state index in [4.69, 9.17) is 0 Å². The van der Waals surface area contributed by atoms with E-state index in [1.165, 1.54) is 11.1 Å². The summed E-state index contributed by atoms with van der Waals surface area (Å²) in [5, 5.41) is 3.58. The summed E-state index contributed by atoms with van der Waals surface area (Å²) in [6.45, 7) is 18.9. The summed E-state index contributed by atoms with van der Waals surface area (Å²) in [5.74, 6) is 0.547. The molecular formula is C19H34N2. The van der Waals surface area contributed by atoms with Crippen molar-refractivity contribution in [2.24, 2.45) is 0 Å². The SMILES string of the molecule is CCN(Cc1ccc(C(C)CNC(C)(C)C)cc1)C(C)C. The van der Waals surface area contributed by atoms with Gasteiger partial charge in [0, 0.05) is 24.7 Å². The Labute approximate surface area is 131 Å². The van der Waals surface area contributed by atoms with Crippen molar-refractivity contribution < 1.29 is 0 Å². The minimum Gasteiger partial charge on any atom is -0.311 e. The molecule has 0 fully saturated rings. The zero-order chi connectivity index (χ0) is 16.0. The van der Waals surface area contributed by atoms with Crippen LogP contribution in [0.1, 0.15) is 65.5 Å². The molecule has 0 spiro atoms. The van der Waals surface area contributed by atoms with Crippen LogP contribution in [0.25, 0.3) is 0 Å². The average molecular weight is 290 g/mol. The minimum absolute atomic E-state index is 0.188. The van der Waals surface area contributed by atoms with Gasteiger partial charge >= 0.3 is 0 Å². The van der Waals surface area contributed by atoms with Crippen LogP contribution < -0.4 is 5.32 Å². The highest BCUT2D eigenvalue weighted by Crippen LogP contribution is 2.17. The van der Waals surface area contributed by atoms with Crippen LogP contribution in [-0.4, -0.2) is 29.6 Å². The summed E-state index contributed by atoms with van der Waals surface area (Å²) in [5.41, 5.74) is 3.01. The van der Waals surface area contributed by atoms with Gasteiger partial charge in [0.15, 0.2) is 0 Å². The summed E-state index contributed by atoms with van der Waals surface area (Å²) in [7, 11) is 0. The van der Waals surface area contributed by atoms with E-state index >= 15 is 0 Å². The summed E-state index contributed by atoms with van der Waals surface area (Å²) in [6.07, 6.45) is 0. The van der Waals surface area contributed by atoms with E-state index in [2.05, 4.69) is 82.9 Å². The van der Waals surface area contributed by atoms with Crippen molar-refractivity contribution in [3.8, 4) is 0 Å². The molecule has 0 aliphatic carbocycles. The van der Waals surface area contributed by atoms with Gasteiger partial charge in [0.1, 0.15) is 0 Å². The van der Waals surface area contributed by atoms with Crippen LogP contribution >= 0.6 is 0 Å². The fourth-order valence-corrected chi connectivity index (χ4v) is 2.42. The highest BCUT2D eigenvalue weighted by Gasteiger charge is 2.13. The fraction of sp³-hybridized carbons (Fsp3) is 0.684. The van der Waals surface area contributed by atoms with Crippen LogP contribution in [0.2, 0.25) is 0 Å². The number of nitrogens with one attached hydrogen (secondary N) is 1. The molecule has 1 aromatic rings. The van der Waals surface area contributed by atoms with Crippen molar-refractivity contribution in [1.29, 1.82) is 0 Å². The monoisotopic (exact) mass is 290 g/mol. The van der Waals surface area contributed by atoms with Crippen LogP contribution in [-0.2, 0) is 6.54 Å². The number of hydrogen-bond donors (Lipinski definition) is 1. The number of rotatable bonds is 7. The molecule has 1 atom stereocenters. The highest BCUT2D eigenvalue weighted by atomic mass is 15.1. The first-order valence-corrected chi connectivity index (χ1v) is 8.31. The predicted molar refractivity (Wildman–Crippen MR) is 93.8 cm³/mol. The van der Waals surface area contributed by atoms with Gasteiger partial charge in [-0.1, -0.05) is 38.1 Å². The standard InChI is InChI=1S/C19H34N2/c1-8-21(15(2)3)14-17-9-11-18(12-10-17)16(4)13-20-19(5,6)7/h9-12,15-16,20H,8,13-14H2,1-7H3. The van der Waals surface area contributed by atoms with E-state index in [0.717, 1.165) is 19.6 Å². The van der Waals surface area contributed by atoms with E-state index in [9.17, 15) is 0 Å². The summed E-state index contributed by atoms with van der Waals surface area (Å²) in [4.78, 5) is 2.49. The molecule has 0 radical (unpaired) electrons. The Bertz CT molecular complexity index is 401. The normalized spacial score (nSPS) is 14.0. The molecule has 2 nitrogen and oxygen atoms in total. The van der Waals surface area contributed by atoms with Crippen LogP contribution in [0.5, 0.6) is 0 Å². The smallest absolute Gasteiger partial charge is 0.0236 e. The second-order valence-electron chi connectivity index (χ2n) is 7.43. The maximum absolute atomic E-state index is 3.58. The fourth-order valence-electron chi connectivity index (χ4n) is 2.42. The Morgan fingerprint density at radius 2 is 1.62 bits per heavy atom. The highest BCUT2D eigenvalue weighted by molar-refractivity contribution is 5.25. The van der Waals surface area contributed by atoms with Crippen molar-refractivity contribution in [3.05, 3.63) is 35.4 Å². The van der Waals surface area contributed by atoms with Gasteiger partial charge < -0.3 is 5.32 Å².